The molecule has 3 rings (SSSR count). The number of likely N-dealkylation sites (tertiary alicyclic amines) is 1. The molecule has 0 amide bonds. The molecular formula is C14H24N4O2S. The molecule has 7 heteroatoms. The van der Waals surface area contributed by atoms with Crippen LogP contribution in [-0.4, -0.2) is 59.8 Å². The van der Waals surface area contributed by atoms with Gasteiger partial charge in [-0.2, -0.15) is 5.10 Å². The van der Waals surface area contributed by atoms with E-state index in [4.69, 9.17) is 0 Å². The van der Waals surface area contributed by atoms with Gasteiger partial charge in [-0.05, 0) is 25.9 Å². The Morgan fingerprint density at radius 1 is 1.29 bits per heavy atom. The molecule has 0 unspecified atom stereocenters. The molecule has 2 fully saturated rings. The van der Waals surface area contributed by atoms with Crippen molar-refractivity contribution < 1.29 is 8.42 Å². The zero-order valence-electron chi connectivity index (χ0n) is 12.5. The monoisotopic (exact) mass is 312 g/mol. The average molecular weight is 312 g/mol. The van der Waals surface area contributed by atoms with E-state index in [-0.39, 0.29) is 17.8 Å². The van der Waals surface area contributed by atoms with E-state index in [0.717, 1.165) is 18.7 Å². The van der Waals surface area contributed by atoms with Gasteiger partial charge in [-0.3, -0.25) is 9.58 Å². The van der Waals surface area contributed by atoms with Gasteiger partial charge in [0, 0.05) is 37.4 Å². The highest BCUT2D eigenvalue weighted by atomic mass is 32.2. The van der Waals surface area contributed by atoms with Crippen LogP contribution in [0.5, 0.6) is 0 Å². The Balaban J connectivity index is 1.65. The Kier molecular flexibility index (Phi) is 4.33. The van der Waals surface area contributed by atoms with Gasteiger partial charge in [0.05, 0.1) is 17.7 Å². The van der Waals surface area contributed by atoms with Crippen molar-refractivity contribution in [3.63, 3.8) is 0 Å². The molecule has 1 aromatic heterocycles. The molecule has 21 heavy (non-hydrogen) atoms. The number of hydrogen-bond acceptors (Lipinski definition) is 5. The molecular weight excluding hydrogens is 288 g/mol. The van der Waals surface area contributed by atoms with Gasteiger partial charge < -0.3 is 5.32 Å². The summed E-state index contributed by atoms with van der Waals surface area (Å²) >= 11 is 0. The van der Waals surface area contributed by atoms with Crippen molar-refractivity contribution in [2.75, 3.05) is 24.6 Å². The van der Waals surface area contributed by atoms with Crippen LogP contribution in [0.1, 0.15) is 24.8 Å². The summed E-state index contributed by atoms with van der Waals surface area (Å²) in [7, 11) is -1.03. The van der Waals surface area contributed by atoms with Crippen LogP contribution in [0, 0.1) is 0 Å². The molecule has 1 N–H and O–H groups in total. The van der Waals surface area contributed by atoms with Gasteiger partial charge in [0.15, 0.2) is 9.84 Å². The molecule has 2 atom stereocenters. The number of nitrogens with one attached hydrogen (secondary N) is 1. The fourth-order valence-electron chi connectivity index (χ4n) is 3.45. The highest BCUT2D eigenvalue weighted by Crippen LogP contribution is 2.22. The van der Waals surface area contributed by atoms with Crippen molar-refractivity contribution in [2.45, 2.75) is 37.9 Å². The number of piperidine rings is 1. The zero-order valence-corrected chi connectivity index (χ0v) is 13.3. The number of sulfone groups is 1. The topological polar surface area (TPSA) is 67.2 Å². The molecule has 0 spiro atoms. The van der Waals surface area contributed by atoms with E-state index >= 15 is 0 Å². The normalized spacial score (nSPS) is 29.8. The van der Waals surface area contributed by atoms with Crippen LogP contribution in [0.2, 0.25) is 0 Å². The fourth-order valence-corrected chi connectivity index (χ4v) is 5.43. The molecule has 2 aliphatic rings. The molecule has 0 bridgehead atoms. The summed E-state index contributed by atoms with van der Waals surface area (Å²) in [4.78, 5) is 2.37. The van der Waals surface area contributed by atoms with E-state index in [1.54, 1.807) is 4.68 Å². The first kappa shape index (κ1) is 15.0. The van der Waals surface area contributed by atoms with Crippen LogP contribution in [0.15, 0.2) is 12.4 Å². The Morgan fingerprint density at radius 2 is 2.05 bits per heavy atom. The van der Waals surface area contributed by atoms with Crippen molar-refractivity contribution in [3.05, 3.63) is 18.0 Å². The van der Waals surface area contributed by atoms with Crippen LogP contribution in [-0.2, 0) is 23.4 Å². The standard InChI is InChI=1S/C14H24N4O2S/c1-17-9-12(8-16-17)7-15-13-10-21(19,20)11-14(13)18-5-3-2-4-6-18/h8-9,13-15H,2-7,10-11H2,1H3/t13-,14+/m0/s1. The van der Waals surface area contributed by atoms with E-state index in [0.29, 0.717) is 12.3 Å². The summed E-state index contributed by atoms with van der Waals surface area (Å²) in [6.07, 6.45) is 7.43. The molecule has 3 heterocycles. The average Bonchev–Trinajstić information content (AvgIpc) is 3.00. The van der Waals surface area contributed by atoms with Crippen molar-refractivity contribution >= 4 is 9.84 Å². The molecule has 0 aromatic carbocycles. The van der Waals surface area contributed by atoms with E-state index in [2.05, 4.69) is 15.3 Å². The maximum atomic E-state index is 12.0. The Labute approximate surface area is 126 Å². The lowest BCUT2D eigenvalue weighted by Crippen LogP contribution is -2.50. The van der Waals surface area contributed by atoms with Crippen LogP contribution >= 0.6 is 0 Å². The van der Waals surface area contributed by atoms with Crippen molar-refractivity contribution in [1.82, 2.24) is 20.0 Å². The third kappa shape index (κ3) is 3.64. The van der Waals surface area contributed by atoms with Crippen LogP contribution in [0.25, 0.3) is 0 Å². The molecule has 0 aliphatic carbocycles. The Morgan fingerprint density at radius 3 is 2.71 bits per heavy atom. The van der Waals surface area contributed by atoms with Crippen molar-refractivity contribution in [1.29, 1.82) is 0 Å². The number of hydrogen-bond donors (Lipinski definition) is 1. The van der Waals surface area contributed by atoms with Gasteiger partial charge in [0.2, 0.25) is 0 Å². The van der Waals surface area contributed by atoms with Gasteiger partial charge in [-0.15, -0.1) is 0 Å². The predicted molar refractivity (Wildman–Crippen MR) is 81.7 cm³/mol. The first-order chi connectivity index (χ1) is 10.0. The predicted octanol–water partition coefficient (Wildman–Crippen LogP) is 0.161. The maximum absolute atomic E-state index is 12.0. The van der Waals surface area contributed by atoms with Crippen LogP contribution < -0.4 is 5.32 Å². The summed E-state index contributed by atoms with van der Waals surface area (Å²) < 4.78 is 25.8. The summed E-state index contributed by atoms with van der Waals surface area (Å²) in [5.74, 6) is 0.562. The largest absolute Gasteiger partial charge is 0.307 e. The Bertz CT molecular complexity index is 578. The lowest BCUT2D eigenvalue weighted by Gasteiger charge is -2.35. The first-order valence-electron chi connectivity index (χ1n) is 7.69. The van der Waals surface area contributed by atoms with Crippen LogP contribution in [0.3, 0.4) is 0 Å². The summed E-state index contributed by atoms with van der Waals surface area (Å²) in [6.45, 7) is 2.74. The summed E-state index contributed by atoms with van der Waals surface area (Å²) in [6, 6.07) is 0.167. The SMILES string of the molecule is Cn1cc(CN[C@H]2CS(=O)(=O)C[C@H]2N2CCCCC2)cn1. The van der Waals surface area contributed by atoms with Gasteiger partial charge in [-0.25, -0.2) is 8.42 Å². The van der Waals surface area contributed by atoms with E-state index in [9.17, 15) is 8.42 Å². The minimum Gasteiger partial charge on any atom is -0.307 e. The van der Waals surface area contributed by atoms with Gasteiger partial charge in [0.1, 0.15) is 0 Å². The molecule has 2 aliphatic heterocycles. The van der Waals surface area contributed by atoms with Gasteiger partial charge in [0.25, 0.3) is 0 Å². The van der Waals surface area contributed by atoms with E-state index in [1.165, 1.54) is 19.3 Å². The Hall–Kier alpha value is -0.920. The van der Waals surface area contributed by atoms with Crippen LogP contribution in [0.4, 0.5) is 0 Å². The fraction of sp³-hybridized carbons (Fsp3) is 0.786. The number of nitrogens with zero attached hydrogens (tertiary/aromatic N) is 3. The lowest BCUT2D eigenvalue weighted by molar-refractivity contribution is 0.155. The maximum Gasteiger partial charge on any atom is 0.153 e. The quantitative estimate of drug-likeness (QED) is 0.858. The van der Waals surface area contributed by atoms with Crippen molar-refractivity contribution in [2.24, 2.45) is 7.05 Å². The molecule has 0 radical (unpaired) electrons. The molecule has 6 nitrogen and oxygen atoms in total. The third-order valence-electron chi connectivity index (χ3n) is 4.51. The second kappa shape index (κ2) is 6.06. The number of rotatable bonds is 4. The first-order valence-corrected chi connectivity index (χ1v) is 9.51. The summed E-state index contributed by atoms with van der Waals surface area (Å²) in [5, 5.41) is 7.59. The second-order valence-corrected chi connectivity index (χ2v) is 8.40. The highest BCUT2D eigenvalue weighted by Gasteiger charge is 2.40. The number of aromatic nitrogens is 2. The van der Waals surface area contributed by atoms with Crippen molar-refractivity contribution in [3.8, 4) is 0 Å². The minimum absolute atomic E-state index is 0.0355. The molecule has 118 valence electrons. The van der Waals surface area contributed by atoms with E-state index in [1.807, 2.05) is 19.4 Å². The van der Waals surface area contributed by atoms with E-state index < -0.39 is 9.84 Å². The zero-order chi connectivity index (χ0) is 14.9. The lowest BCUT2D eigenvalue weighted by atomic mass is 10.0. The molecule has 1 aromatic rings. The highest BCUT2D eigenvalue weighted by molar-refractivity contribution is 7.91. The minimum atomic E-state index is -2.92. The molecule has 2 saturated heterocycles. The summed E-state index contributed by atoms with van der Waals surface area (Å²) in [5.41, 5.74) is 1.10. The second-order valence-electron chi connectivity index (χ2n) is 6.25. The van der Waals surface area contributed by atoms with Gasteiger partial charge >= 0.3 is 0 Å². The smallest absolute Gasteiger partial charge is 0.153 e. The third-order valence-corrected chi connectivity index (χ3v) is 6.23. The van der Waals surface area contributed by atoms with Gasteiger partial charge in [-0.1, -0.05) is 6.42 Å². The molecule has 0 saturated carbocycles. The number of aryl methyl sites for hydroxylation is 1.